The quantitative estimate of drug-likeness (QED) is 0.250. The fourth-order valence-corrected chi connectivity index (χ4v) is 5.83. The van der Waals surface area contributed by atoms with Crippen molar-refractivity contribution in [2.45, 2.75) is 44.5 Å². The highest BCUT2D eigenvalue weighted by Crippen LogP contribution is 2.44. The molecule has 2 aliphatic rings. The van der Waals surface area contributed by atoms with E-state index in [0.29, 0.717) is 11.1 Å². The lowest BCUT2D eigenvalue weighted by Gasteiger charge is -2.41. The Morgan fingerprint density at radius 3 is 2.53 bits per heavy atom. The molecule has 14 heteroatoms. The average Bonchev–Trinajstić information content (AvgIpc) is 3.34. The lowest BCUT2D eigenvalue weighted by atomic mass is 9.89. The number of allylic oxidation sites excluding steroid dienone is 1. The Hall–Kier alpha value is -4.51. The summed E-state index contributed by atoms with van der Waals surface area (Å²) >= 11 is 0. The number of esters is 1. The molecule has 0 saturated carbocycles. The number of rotatable bonds is 5. The van der Waals surface area contributed by atoms with Gasteiger partial charge in [0.25, 0.3) is 5.92 Å². The van der Waals surface area contributed by atoms with Gasteiger partial charge in [0.2, 0.25) is 5.95 Å². The van der Waals surface area contributed by atoms with E-state index in [1.54, 1.807) is 12.1 Å². The minimum atomic E-state index is -4.66. The van der Waals surface area contributed by atoms with Gasteiger partial charge in [0.1, 0.15) is 12.6 Å². The number of carbonyl (C=O) groups excluding carboxylic acids is 1. The number of quaternary nitrogens is 1. The molecule has 1 aromatic heterocycles. The Labute approximate surface area is 243 Å². The number of aromatic amines is 1. The SMILES string of the molecule is COC(=O)C1=C(C)N(c2cccc(C(F)(F)F)c2)c2n[nH]c(=O)n2C1c1ccc(C#N)cc1C[N+]1(C)CCC(F)(F)CC1. The van der Waals surface area contributed by atoms with Gasteiger partial charge < -0.3 is 9.22 Å². The summed E-state index contributed by atoms with van der Waals surface area (Å²) in [4.78, 5) is 28.0. The van der Waals surface area contributed by atoms with E-state index in [1.165, 1.54) is 30.0 Å². The van der Waals surface area contributed by atoms with Crippen molar-refractivity contribution in [1.82, 2.24) is 14.8 Å². The van der Waals surface area contributed by atoms with Crippen molar-refractivity contribution < 1.29 is 36.0 Å². The molecule has 1 unspecified atom stereocenters. The first-order chi connectivity index (χ1) is 20.2. The van der Waals surface area contributed by atoms with Gasteiger partial charge in [-0.3, -0.25) is 4.90 Å². The maximum absolute atomic E-state index is 14.0. The molecule has 1 fully saturated rings. The van der Waals surface area contributed by atoms with E-state index in [0.717, 1.165) is 23.8 Å². The molecule has 1 saturated heterocycles. The van der Waals surface area contributed by atoms with Crippen LogP contribution in [0.5, 0.6) is 0 Å². The van der Waals surface area contributed by atoms with Crippen LogP contribution < -0.4 is 10.6 Å². The highest BCUT2D eigenvalue weighted by molar-refractivity contribution is 5.93. The number of methoxy groups -OCH3 is 1. The van der Waals surface area contributed by atoms with Gasteiger partial charge in [-0.25, -0.2) is 28.0 Å². The maximum Gasteiger partial charge on any atom is 0.416 e. The number of fused-ring (bicyclic) bond motifs is 1. The zero-order valence-electron chi connectivity index (χ0n) is 23.5. The number of nitrogens with one attached hydrogen (secondary N) is 1. The van der Waals surface area contributed by atoms with Crippen LogP contribution in [0.25, 0.3) is 0 Å². The third-order valence-corrected chi connectivity index (χ3v) is 8.13. The molecule has 0 amide bonds. The smallest absolute Gasteiger partial charge is 0.416 e. The van der Waals surface area contributed by atoms with Crippen molar-refractivity contribution >= 4 is 17.6 Å². The molecule has 3 aromatic rings. The number of nitrogens with zero attached hydrogens (tertiary/aromatic N) is 5. The largest absolute Gasteiger partial charge is 0.466 e. The van der Waals surface area contributed by atoms with Crippen LogP contribution in [-0.2, 0) is 22.3 Å². The van der Waals surface area contributed by atoms with E-state index >= 15 is 0 Å². The van der Waals surface area contributed by atoms with Crippen LogP contribution in [0.4, 0.5) is 33.6 Å². The number of H-pyrrole nitrogens is 1. The normalized spacial score (nSPS) is 19.5. The Morgan fingerprint density at radius 2 is 1.91 bits per heavy atom. The zero-order valence-corrected chi connectivity index (χ0v) is 23.5. The monoisotopic (exact) mass is 603 g/mol. The standard InChI is InChI=1S/C29H27F5N6O3/c1-17-23(25(41)43-3)24(22-8-7-18(15-35)13-19(22)16-40(2)11-9-28(30,31)10-12-40)39-26(36-37-27(39)42)38(17)21-6-4-5-20(14-21)29(32,33)34/h4-8,13-14,24H,9-12,16H2,1-3H3/p+1. The lowest BCUT2D eigenvalue weighted by molar-refractivity contribution is -0.929. The number of alkyl halides is 5. The molecule has 3 heterocycles. The van der Waals surface area contributed by atoms with E-state index in [4.69, 9.17) is 4.74 Å². The van der Waals surface area contributed by atoms with Gasteiger partial charge >= 0.3 is 17.8 Å². The van der Waals surface area contributed by atoms with Crippen LogP contribution in [-0.4, -0.2) is 58.4 Å². The summed E-state index contributed by atoms with van der Waals surface area (Å²) in [6, 6.07) is 9.98. The predicted molar refractivity (Wildman–Crippen MR) is 144 cm³/mol. The molecule has 0 spiro atoms. The van der Waals surface area contributed by atoms with Crippen LogP contribution in [0.1, 0.15) is 48.1 Å². The number of nitriles is 1. The molecule has 9 nitrogen and oxygen atoms in total. The van der Waals surface area contributed by atoms with Gasteiger partial charge in [0, 0.05) is 16.9 Å². The number of benzene rings is 2. The lowest BCUT2D eigenvalue weighted by Crippen LogP contribution is -2.52. The second-order valence-corrected chi connectivity index (χ2v) is 11.1. The fraction of sp³-hybridized carbons (Fsp3) is 0.379. The Kier molecular flexibility index (Phi) is 7.42. The van der Waals surface area contributed by atoms with Gasteiger partial charge in [-0.1, -0.05) is 12.1 Å². The van der Waals surface area contributed by atoms with Crippen LogP contribution in [0.3, 0.4) is 0 Å². The number of aromatic nitrogens is 3. The molecule has 0 aliphatic carbocycles. The minimum absolute atomic E-state index is 0.000193. The first-order valence-corrected chi connectivity index (χ1v) is 13.4. The maximum atomic E-state index is 14.0. The molecule has 2 aliphatic heterocycles. The highest BCUT2D eigenvalue weighted by atomic mass is 19.4. The number of ether oxygens (including phenoxy) is 1. The third kappa shape index (κ3) is 5.52. The molecule has 5 rings (SSSR count). The van der Waals surface area contributed by atoms with E-state index in [1.807, 2.05) is 7.05 Å². The van der Waals surface area contributed by atoms with Crippen LogP contribution in [0.2, 0.25) is 0 Å². The Balaban J connectivity index is 1.71. The summed E-state index contributed by atoms with van der Waals surface area (Å²) in [5.41, 5.74) is -0.331. The van der Waals surface area contributed by atoms with Crippen molar-refractivity contribution in [3.8, 4) is 6.07 Å². The highest BCUT2D eigenvalue weighted by Gasteiger charge is 2.44. The molecule has 1 atom stereocenters. The summed E-state index contributed by atoms with van der Waals surface area (Å²) in [6.45, 7) is 2.04. The number of piperidine rings is 1. The van der Waals surface area contributed by atoms with Crippen molar-refractivity contribution in [1.29, 1.82) is 5.26 Å². The van der Waals surface area contributed by atoms with Crippen LogP contribution in [0, 0.1) is 11.3 Å². The average molecular weight is 604 g/mol. The summed E-state index contributed by atoms with van der Waals surface area (Å²) in [7, 11) is 2.97. The topological polar surface area (TPSA) is 104 Å². The van der Waals surface area contributed by atoms with E-state index in [9.17, 15) is 36.8 Å². The second kappa shape index (κ2) is 10.6. The van der Waals surface area contributed by atoms with Gasteiger partial charge in [-0.15, -0.1) is 5.10 Å². The minimum Gasteiger partial charge on any atom is -0.466 e. The number of halogens is 5. The Morgan fingerprint density at radius 1 is 1.21 bits per heavy atom. The summed E-state index contributed by atoms with van der Waals surface area (Å²) in [5.74, 6) is -3.69. The zero-order chi connectivity index (χ0) is 31.3. The van der Waals surface area contributed by atoms with Gasteiger partial charge in [0.15, 0.2) is 0 Å². The fourth-order valence-electron chi connectivity index (χ4n) is 5.83. The van der Waals surface area contributed by atoms with Crippen molar-refractivity contribution in [3.63, 3.8) is 0 Å². The number of hydrogen-bond donors (Lipinski definition) is 1. The number of carbonyl (C=O) groups is 1. The van der Waals surface area contributed by atoms with Crippen LogP contribution in [0.15, 0.2) is 58.5 Å². The van der Waals surface area contributed by atoms with Gasteiger partial charge in [0.05, 0.1) is 62.9 Å². The van der Waals surface area contributed by atoms with Crippen molar-refractivity contribution in [2.75, 3.05) is 32.1 Å². The van der Waals surface area contributed by atoms with E-state index in [-0.39, 0.29) is 65.4 Å². The van der Waals surface area contributed by atoms with Gasteiger partial charge in [-0.05, 0) is 42.8 Å². The number of likely N-dealkylation sites (tertiary alicyclic amines) is 1. The molecule has 43 heavy (non-hydrogen) atoms. The molecule has 226 valence electrons. The van der Waals surface area contributed by atoms with Gasteiger partial charge in [-0.2, -0.15) is 18.4 Å². The molecular weight excluding hydrogens is 575 g/mol. The Bertz CT molecular complexity index is 1710. The number of anilines is 2. The van der Waals surface area contributed by atoms with Crippen molar-refractivity contribution in [2.24, 2.45) is 0 Å². The summed E-state index contributed by atoms with van der Waals surface area (Å²) < 4.78 is 75.3. The first kappa shape index (κ1) is 30.0. The van der Waals surface area contributed by atoms with E-state index in [2.05, 4.69) is 16.3 Å². The molecule has 0 radical (unpaired) electrons. The molecular formula is C29H28F5N6O3+. The van der Waals surface area contributed by atoms with Crippen LogP contribution >= 0.6 is 0 Å². The summed E-state index contributed by atoms with van der Waals surface area (Å²) in [6.07, 6.45) is -5.29. The predicted octanol–water partition coefficient (Wildman–Crippen LogP) is 5.03. The first-order valence-electron chi connectivity index (χ1n) is 13.4. The van der Waals surface area contributed by atoms with Crippen molar-refractivity contribution in [3.05, 3.63) is 86.5 Å². The summed E-state index contributed by atoms with van der Waals surface area (Å²) in [5, 5.41) is 16.1. The second-order valence-electron chi connectivity index (χ2n) is 11.1. The molecule has 0 bridgehead atoms. The molecule has 1 N–H and O–H groups in total. The molecule has 2 aromatic carbocycles. The number of hydrogen-bond acceptors (Lipinski definition) is 6. The van der Waals surface area contributed by atoms with E-state index < -0.39 is 35.4 Å². The third-order valence-electron chi connectivity index (χ3n) is 8.13.